The molecule has 0 aliphatic heterocycles. The van der Waals surface area contributed by atoms with E-state index in [0.29, 0.717) is 18.5 Å². The molecule has 2 rings (SSSR count). The molecule has 1 atom stereocenters. The van der Waals surface area contributed by atoms with Gasteiger partial charge >= 0.3 is 6.03 Å². The van der Waals surface area contributed by atoms with Crippen molar-refractivity contribution in [1.29, 1.82) is 0 Å². The first kappa shape index (κ1) is 11.7. The Hall–Kier alpha value is -0.770. The summed E-state index contributed by atoms with van der Waals surface area (Å²) >= 11 is 0. The van der Waals surface area contributed by atoms with Crippen molar-refractivity contribution < 1.29 is 4.79 Å². The smallest absolute Gasteiger partial charge is 0.315 e. The SMILES string of the molecule is NC(CNC(=O)NC1CCCCC1)C1CC1. The van der Waals surface area contributed by atoms with Crippen LogP contribution in [0.5, 0.6) is 0 Å². The van der Waals surface area contributed by atoms with Crippen molar-refractivity contribution in [1.82, 2.24) is 10.6 Å². The maximum absolute atomic E-state index is 11.6. The number of hydrogen-bond acceptors (Lipinski definition) is 2. The first-order valence-electron chi connectivity index (χ1n) is 6.55. The van der Waals surface area contributed by atoms with Crippen LogP contribution in [0.3, 0.4) is 0 Å². The van der Waals surface area contributed by atoms with Crippen LogP contribution in [-0.2, 0) is 0 Å². The highest BCUT2D eigenvalue weighted by Gasteiger charge is 2.28. The van der Waals surface area contributed by atoms with Gasteiger partial charge in [0, 0.05) is 18.6 Å². The summed E-state index contributed by atoms with van der Waals surface area (Å²) < 4.78 is 0. The van der Waals surface area contributed by atoms with Crippen LogP contribution in [0.2, 0.25) is 0 Å². The molecule has 0 aromatic carbocycles. The molecular formula is C12H23N3O. The number of amides is 2. The van der Waals surface area contributed by atoms with Gasteiger partial charge in [0.25, 0.3) is 0 Å². The third-order valence-corrected chi connectivity index (χ3v) is 3.67. The second kappa shape index (κ2) is 5.53. The van der Waals surface area contributed by atoms with E-state index in [0.717, 1.165) is 12.8 Å². The van der Waals surface area contributed by atoms with Crippen LogP contribution in [0.1, 0.15) is 44.9 Å². The minimum Gasteiger partial charge on any atom is -0.337 e. The molecule has 0 bridgehead atoms. The third-order valence-electron chi connectivity index (χ3n) is 3.67. The fourth-order valence-electron chi connectivity index (χ4n) is 2.38. The molecule has 2 aliphatic rings. The van der Waals surface area contributed by atoms with Gasteiger partial charge in [-0.15, -0.1) is 0 Å². The van der Waals surface area contributed by atoms with E-state index in [-0.39, 0.29) is 12.1 Å². The lowest BCUT2D eigenvalue weighted by Gasteiger charge is -2.23. The molecule has 1 unspecified atom stereocenters. The van der Waals surface area contributed by atoms with Crippen molar-refractivity contribution in [2.45, 2.75) is 57.0 Å². The molecule has 4 N–H and O–H groups in total. The summed E-state index contributed by atoms with van der Waals surface area (Å²) in [5, 5.41) is 5.90. The first-order valence-corrected chi connectivity index (χ1v) is 6.55. The van der Waals surface area contributed by atoms with Crippen LogP contribution in [-0.4, -0.2) is 24.7 Å². The monoisotopic (exact) mass is 225 g/mol. The van der Waals surface area contributed by atoms with Crippen LogP contribution in [0.4, 0.5) is 4.79 Å². The number of rotatable bonds is 4. The fourth-order valence-corrected chi connectivity index (χ4v) is 2.38. The maximum atomic E-state index is 11.6. The second-order valence-electron chi connectivity index (χ2n) is 5.19. The Morgan fingerprint density at radius 1 is 1.19 bits per heavy atom. The first-order chi connectivity index (χ1) is 7.75. The summed E-state index contributed by atoms with van der Waals surface area (Å²) in [6, 6.07) is 0.492. The molecule has 0 spiro atoms. The van der Waals surface area contributed by atoms with Crippen molar-refractivity contribution in [2.75, 3.05) is 6.54 Å². The number of nitrogens with two attached hydrogens (primary N) is 1. The predicted octanol–water partition coefficient (Wildman–Crippen LogP) is 1.36. The molecule has 2 amide bonds. The molecule has 2 saturated carbocycles. The highest BCUT2D eigenvalue weighted by atomic mass is 16.2. The highest BCUT2D eigenvalue weighted by molar-refractivity contribution is 5.74. The number of urea groups is 1. The van der Waals surface area contributed by atoms with Crippen molar-refractivity contribution in [3.05, 3.63) is 0 Å². The molecule has 2 aliphatic carbocycles. The molecule has 4 heteroatoms. The Morgan fingerprint density at radius 3 is 2.50 bits per heavy atom. The second-order valence-corrected chi connectivity index (χ2v) is 5.19. The van der Waals surface area contributed by atoms with Gasteiger partial charge in [-0.2, -0.15) is 0 Å². The lowest BCUT2D eigenvalue weighted by molar-refractivity contribution is 0.231. The summed E-state index contributed by atoms with van der Waals surface area (Å²) in [7, 11) is 0. The topological polar surface area (TPSA) is 67.1 Å². The van der Waals surface area contributed by atoms with Gasteiger partial charge in [0.1, 0.15) is 0 Å². The van der Waals surface area contributed by atoms with Gasteiger partial charge in [-0.3, -0.25) is 0 Å². The number of hydrogen-bond donors (Lipinski definition) is 3. The van der Waals surface area contributed by atoms with E-state index in [4.69, 9.17) is 5.73 Å². The van der Waals surface area contributed by atoms with Crippen LogP contribution < -0.4 is 16.4 Å². The van der Waals surface area contributed by atoms with Gasteiger partial charge in [0.15, 0.2) is 0 Å². The minimum atomic E-state index is -0.0389. The maximum Gasteiger partial charge on any atom is 0.315 e. The van der Waals surface area contributed by atoms with Crippen LogP contribution in [0, 0.1) is 5.92 Å². The molecule has 16 heavy (non-hydrogen) atoms. The van der Waals surface area contributed by atoms with Gasteiger partial charge in [0.2, 0.25) is 0 Å². The summed E-state index contributed by atoms with van der Waals surface area (Å²) in [4.78, 5) is 11.6. The molecule has 2 fully saturated rings. The van der Waals surface area contributed by atoms with Gasteiger partial charge in [-0.1, -0.05) is 19.3 Å². The Kier molecular flexibility index (Phi) is 4.04. The van der Waals surface area contributed by atoms with Gasteiger partial charge in [0.05, 0.1) is 0 Å². The summed E-state index contributed by atoms with van der Waals surface area (Å²) in [5.41, 5.74) is 5.92. The van der Waals surface area contributed by atoms with E-state index in [1.165, 1.54) is 32.1 Å². The number of carbonyl (C=O) groups excluding carboxylic acids is 1. The Balaban J connectivity index is 1.59. The molecule has 0 radical (unpaired) electrons. The molecule has 0 aromatic rings. The zero-order valence-electron chi connectivity index (χ0n) is 9.87. The Labute approximate surface area is 97.3 Å². The quantitative estimate of drug-likeness (QED) is 0.676. The average molecular weight is 225 g/mol. The van der Waals surface area contributed by atoms with E-state index >= 15 is 0 Å². The zero-order valence-corrected chi connectivity index (χ0v) is 9.87. The van der Waals surface area contributed by atoms with E-state index in [9.17, 15) is 4.79 Å². The molecule has 0 heterocycles. The summed E-state index contributed by atoms with van der Waals surface area (Å²) in [6.07, 6.45) is 8.51. The summed E-state index contributed by atoms with van der Waals surface area (Å²) in [6.45, 7) is 0.614. The van der Waals surface area contributed by atoms with Gasteiger partial charge in [-0.25, -0.2) is 4.79 Å². The standard InChI is InChI=1S/C12H23N3O/c13-11(9-6-7-9)8-14-12(16)15-10-4-2-1-3-5-10/h9-11H,1-8,13H2,(H2,14,15,16). The highest BCUT2D eigenvalue weighted by Crippen LogP contribution is 2.31. The van der Waals surface area contributed by atoms with Gasteiger partial charge in [-0.05, 0) is 31.6 Å². The van der Waals surface area contributed by atoms with Crippen LogP contribution in [0.25, 0.3) is 0 Å². The Bertz CT molecular complexity index is 234. The van der Waals surface area contributed by atoms with Crippen molar-refractivity contribution in [3.63, 3.8) is 0 Å². The fraction of sp³-hybridized carbons (Fsp3) is 0.917. The molecule has 4 nitrogen and oxygen atoms in total. The van der Waals surface area contributed by atoms with Crippen molar-refractivity contribution in [3.8, 4) is 0 Å². The average Bonchev–Trinajstić information content (AvgIpc) is 3.11. The lowest BCUT2D eigenvalue weighted by atomic mass is 9.96. The predicted molar refractivity (Wildman–Crippen MR) is 64.1 cm³/mol. The molecular weight excluding hydrogens is 202 g/mol. The zero-order chi connectivity index (χ0) is 11.4. The molecule has 0 saturated heterocycles. The van der Waals surface area contributed by atoms with E-state index in [1.54, 1.807) is 0 Å². The summed E-state index contributed by atoms with van der Waals surface area (Å²) in [5.74, 6) is 0.648. The normalized spacial score (nSPS) is 23.8. The van der Waals surface area contributed by atoms with Crippen LogP contribution in [0.15, 0.2) is 0 Å². The minimum absolute atomic E-state index is 0.0389. The Morgan fingerprint density at radius 2 is 1.88 bits per heavy atom. The number of nitrogens with one attached hydrogen (secondary N) is 2. The van der Waals surface area contributed by atoms with Crippen molar-refractivity contribution >= 4 is 6.03 Å². The van der Waals surface area contributed by atoms with E-state index in [2.05, 4.69) is 10.6 Å². The van der Waals surface area contributed by atoms with Crippen LogP contribution >= 0.6 is 0 Å². The van der Waals surface area contributed by atoms with E-state index < -0.39 is 0 Å². The molecule has 0 aromatic heterocycles. The lowest BCUT2D eigenvalue weighted by Crippen LogP contribution is -2.47. The molecule has 92 valence electrons. The van der Waals surface area contributed by atoms with E-state index in [1.807, 2.05) is 0 Å². The largest absolute Gasteiger partial charge is 0.337 e. The van der Waals surface area contributed by atoms with Crippen molar-refractivity contribution in [2.24, 2.45) is 11.7 Å². The van der Waals surface area contributed by atoms with Gasteiger partial charge < -0.3 is 16.4 Å². The third kappa shape index (κ3) is 3.67. The number of carbonyl (C=O) groups is 1.